The van der Waals surface area contributed by atoms with Crippen molar-refractivity contribution in [2.24, 2.45) is 0 Å². The summed E-state index contributed by atoms with van der Waals surface area (Å²) in [5.41, 5.74) is 2.40. The Morgan fingerprint density at radius 1 is 1.00 bits per heavy atom. The molecule has 0 radical (unpaired) electrons. The van der Waals surface area contributed by atoms with Crippen LogP contribution in [0.25, 0.3) is 0 Å². The number of halogens is 1. The maximum absolute atomic E-state index is 13.1. The average Bonchev–Trinajstić information content (AvgIpc) is 2.48. The van der Waals surface area contributed by atoms with Crippen LogP contribution in [-0.4, -0.2) is 6.54 Å². The van der Waals surface area contributed by atoms with Crippen molar-refractivity contribution in [3.8, 4) is 0 Å². The van der Waals surface area contributed by atoms with E-state index in [1.54, 1.807) is 12.1 Å². The highest BCUT2D eigenvalue weighted by Gasteiger charge is 2.04. The molecule has 0 aromatic heterocycles. The molecule has 2 aromatic rings. The van der Waals surface area contributed by atoms with Crippen molar-refractivity contribution in [2.45, 2.75) is 32.2 Å². The minimum atomic E-state index is -0.166. The SMILES string of the molecule is CC(NCCCCc1ccccc1)c1cccc(F)c1. The van der Waals surface area contributed by atoms with Crippen LogP contribution >= 0.6 is 0 Å². The van der Waals surface area contributed by atoms with Crippen molar-refractivity contribution in [3.05, 3.63) is 71.5 Å². The first kappa shape index (κ1) is 14.7. The third-order valence-corrected chi connectivity index (χ3v) is 3.53. The Hall–Kier alpha value is -1.67. The van der Waals surface area contributed by atoms with Crippen molar-refractivity contribution in [1.29, 1.82) is 0 Å². The number of aryl methyl sites for hydroxylation is 1. The number of nitrogens with one attached hydrogen (secondary N) is 1. The first-order chi connectivity index (χ1) is 9.75. The fourth-order valence-corrected chi connectivity index (χ4v) is 2.31. The van der Waals surface area contributed by atoms with E-state index in [0.29, 0.717) is 0 Å². The fourth-order valence-electron chi connectivity index (χ4n) is 2.31. The molecule has 0 aliphatic heterocycles. The maximum atomic E-state index is 13.1. The molecule has 0 saturated heterocycles. The number of hydrogen-bond donors (Lipinski definition) is 1. The van der Waals surface area contributed by atoms with E-state index in [1.807, 2.05) is 12.1 Å². The largest absolute Gasteiger partial charge is 0.310 e. The monoisotopic (exact) mass is 271 g/mol. The molecular weight excluding hydrogens is 249 g/mol. The molecule has 0 spiro atoms. The second-order valence-corrected chi connectivity index (χ2v) is 5.17. The molecule has 2 heteroatoms. The highest BCUT2D eigenvalue weighted by molar-refractivity contribution is 5.19. The molecule has 0 heterocycles. The number of rotatable bonds is 7. The van der Waals surface area contributed by atoms with Crippen LogP contribution < -0.4 is 5.32 Å². The summed E-state index contributed by atoms with van der Waals surface area (Å²) in [4.78, 5) is 0. The zero-order valence-corrected chi connectivity index (χ0v) is 12.0. The van der Waals surface area contributed by atoms with Crippen molar-refractivity contribution in [3.63, 3.8) is 0 Å². The molecule has 0 amide bonds. The predicted octanol–water partition coefficient (Wildman–Crippen LogP) is 4.50. The van der Waals surface area contributed by atoms with E-state index in [9.17, 15) is 4.39 Å². The summed E-state index contributed by atoms with van der Waals surface area (Å²) in [5.74, 6) is -0.166. The molecule has 1 nitrogen and oxygen atoms in total. The van der Waals surface area contributed by atoms with E-state index >= 15 is 0 Å². The Labute approximate surface area is 120 Å². The zero-order valence-electron chi connectivity index (χ0n) is 12.0. The third kappa shape index (κ3) is 4.78. The molecule has 0 fully saturated rings. The van der Waals surface area contributed by atoms with Crippen LogP contribution in [0.5, 0.6) is 0 Å². The third-order valence-electron chi connectivity index (χ3n) is 3.53. The summed E-state index contributed by atoms with van der Waals surface area (Å²) in [7, 11) is 0. The lowest BCUT2D eigenvalue weighted by Crippen LogP contribution is -2.20. The fraction of sp³-hybridized carbons (Fsp3) is 0.333. The molecule has 2 aromatic carbocycles. The van der Waals surface area contributed by atoms with Crippen molar-refractivity contribution in [2.75, 3.05) is 6.54 Å². The number of benzene rings is 2. The van der Waals surface area contributed by atoms with Gasteiger partial charge < -0.3 is 5.32 Å². The normalized spacial score (nSPS) is 12.3. The smallest absolute Gasteiger partial charge is 0.123 e. The molecule has 0 saturated carbocycles. The standard InChI is InChI=1S/C18H22FN/c1-15(17-11-7-12-18(19)14-17)20-13-6-5-10-16-8-3-2-4-9-16/h2-4,7-9,11-12,14-15,20H,5-6,10,13H2,1H3. The summed E-state index contributed by atoms with van der Waals surface area (Å²) in [5, 5.41) is 3.45. The Morgan fingerprint density at radius 2 is 1.80 bits per heavy atom. The molecule has 20 heavy (non-hydrogen) atoms. The van der Waals surface area contributed by atoms with Crippen molar-refractivity contribution < 1.29 is 4.39 Å². The Bertz CT molecular complexity index is 510. The van der Waals surface area contributed by atoms with Gasteiger partial charge in [-0.25, -0.2) is 4.39 Å². The van der Waals surface area contributed by atoms with E-state index in [4.69, 9.17) is 0 Å². The molecule has 106 valence electrons. The molecule has 1 N–H and O–H groups in total. The Morgan fingerprint density at radius 3 is 2.55 bits per heavy atom. The van der Waals surface area contributed by atoms with E-state index in [2.05, 4.69) is 36.5 Å². The van der Waals surface area contributed by atoms with Gasteiger partial charge in [-0.1, -0.05) is 42.5 Å². The predicted molar refractivity (Wildman–Crippen MR) is 82.2 cm³/mol. The van der Waals surface area contributed by atoms with Gasteiger partial charge in [-0.05, 0) is 56.0 Å². The molecule has 1 unspecified atom stereocenters. The Kier molecular flexibility index (Phi) is 5.75. The maximum Gasteiger partial charge on any atom is 0.123 e. The van der Waals surface area contributed by atoms with Gasteiger partial charge in [0.25, 0.3) is 0 Å². The second-order valence-electron chi connectivity index (χ2n) is 5.17. The summed E-state index contributed by atoms with van der Waals surface area (Å²) in [6, 6.07) is 17.6. The van der Waals surface area contributed by atoms with E-state index in [-0.39, 0.29) is 11.9 Å². The number of hydrogen-bond acceptors (Lipinski definition) is 1. The number of unbranched alkanes of at least 4 members (excludes halogenated alkanes) is 1. The van der Waals surface area contributed by atoms with Gasteiger partial charge in [-0.15, -0.1) is 0 Å². The van der Waals surface area contributed by atoms with Crippen LogP contribution in [-0.2, 0) is 6.42 Å². The summed E-state index contributed by atoms with van der Waals surface area (Å²) in [6.45, 7) is 3.04. The van der Waals surface area contributed by atoms with Crippen LogP contribution in [0.3, 0.4) is 0 Å². The minimum Gasteiger partial charge on any atom is -0.310 e. The molecule has 1 atom stereocenters. The van der Waals surface area contributed by atoms with Gasteiger partial charge in [0.2, 0.25) is 0 Å². The van der Waals surface area contributed by atoms with Gasteiger partial charge in [-0.2, -0.15) is 0 Å². The average molecular weight is 271 g/mol. The first-order valence-electron chi connectivity index (χ1n) is 7.28. The highest BCUT2D eigenvalue weighted by atomic mass is 19.1. The molecule has 2 rings (SSSR count). The van der Waals surface area contributed by atoms with E-state index in [1.165, 1.54) is 18.1 Å². The first-order valence-corrected chi connectivity index (χ1v) is 7.28. The summed E-state index contributed by atoms with van der Waals surface area (Å²) < 4.78 is 13.1. The van der Waals surface area contributed by atoms with Crippen molar-refractivity contribution >= 4 is 0 Å². The van der Waals surface area contributed by atoms with E-state index < -0.39 is 0 Å². The summed E-state index contributed by atoms with van der Waals surface area (Å²) >= 11 is 0. The lowest BCUT2D eigenvalue weighted by molar-refractivity contribution is 0.541. The van der Waals surface area contributed by atoms with Gasteiger partial charge in [0.15, 0.2) is 0 Å². The lowest BCUT2D eigenvalue weighted by atomic mass is 10.1. The highest BCUT2D eigenvalue weighted by Crippen LogP contribution is 2.13. The van der Waals surface area contributed by atoms with Gasteiger partial charge in [0, 0.05) is 6.04 Å². The molecule has 0 aliphatic carbocycles. The van der Waals surface area contributed by atoms with Crippen LogP contribution in [0.1, 0.15) is 36.9 Å². The van der Waals surface area contributed by atoms with Gasteiger partial charge in [0.1, 0.15) is 5.82 Å². The summed E-state index contributed by atoms with van der Waals surface area (Å²) in [6.07, 6.45) is 3.43. The topological polar surface area (TPSA) is 12.0 Å². The Balaban J connectivity index is 1.66. The molecule has 0 aliphatic rings. The minimum absolute atomic E-state index is 0.166. The van der Waals surface area contributed by atoms with E-state index in [0.717, 1.165) is 24.9 Å². The van der Waals surface area contributed by atoms with Gasteiger partial charge >= 0.3 is 0 Å². The van der Waals surface area contributed by atoms with Crippen LogP contribution in [0.4, 0.5) is 4.39 Å². The van der Waals surface area contributed by atoms with Crippen LogP contribution in [0.2, 0.25) is 0 Å². The van der Waals surface area contributed by atoms with Gasteiger partial charge in [-0.3, -0.25) is 0 Å². The van der Waals surface area contributed by atoms with Gasteiger partial charge in [0.05, 0.1) is 0 Å². The lowest BCUT2D eigenvalue weighted by Gasteiger charge is -2.14. The van der Waals surface area contributed by atoms with Crippen LogP contribution in [0.15, 0.2) is 54.6 Å². The second kappa shape index (κ2) is 7.81. The quantitative estimate of drug-likeness (QED) is 0.731. The molecule has 0 bridgehead atoms. The molecular formula is C18H22FN. The zero-order chi connectivity index (χ0) is 14.2. The van der Waals surface area contributed by atoms with Crippen LogP contribution in [0, 0.1) is 5.82 Å². The van der Waals surface area contributed by atoms with Crippen molar-refractivity contribution in [1.82, 2.24) is 5.32 Å².